The van der Waals surface area contributed by atoms with Gasteiger partial charge >= 0.3 is 0 Å². The molecule has 0 amide bonds. The second-order valence-electron chi connectivity index (χ2n) is 2.59. The van der Waals surface area contributed by atoms with Crippen LogP contribution in [0.2, 0.25) is 0 Å². The summed E-state index contributed by atoms with van der Waals surface area (Å²) in [6.45, 7) is 0. The topological polar surface area (TPSA) is 72.5 Å². The number of hydrogen-bond acceptors (Lipinski definition) is 3. The van der Waals surface area contributed by atoms with E-state index in [-0.39, 0.29) is 16.3 Å². The Bertz CT molecular complexity index is 507. The van der Waals surface area contributed by atoms with Crippen LogP contribution in [0.1, 0.15) is 5.56 Å². The molecule has 1 aliphatic heterocycles. The third kappa shape index (κ3) is 1.10. The fourth-order valence-corrected chi connectivity index (χ4v) is 2.29. The first-order valence-corrected chi connectivity index (χ1v) is 4.85. The van der Waals surface area contributed by atoms with Gasteiger partial charge in [-0.05, 0) is 18.2 Å². The molecule has 0 aliphatic carbocycles. The van der Waals surface area contributed by atoms with Crippen molar-refractivity contribution < 1.29 is 12.8 Å². The highest BCUT2D eigenvalue weighted by Gasteiger charge is 2.27. The van der Waals surface area contributed by atoms with Gasteiger partial charge in [0.2, 0.25) is 0 Å². The van der Waals surface area contributed by atoms with Crippen LogP contribution in [0, 0.1) is 5.82 Å². The lowest BCUT2D eigenvalue weighted by Crippen LogP contribution is -2.10. The Morgan fingerprint density at radius 2 is 2.08 bits per heavy atom. The molecule has 1 aromatic rings. The maximum atomic E-state index is 12.7. The number of fused-ring (bicyclic) bond motifs is 1. The third-order valence-electron chi connectivity index (χ3n) is 1.71. The Hall–Kier alpha value is -1.43. The first kappa shape index (κ1) is 8.18. The molecule has 0 atom stereocenters. The van der Waals surface area contributed by atoms with E-state index < -0.39 is 15.8 Å². The lowest BCUT2D eigenvalue weighted by molar-refractivity contribution is 0.598. The van der Waals surface area contributed by atoms with E-state index in [1.54, 1.807) is 0 Å². The minimum absolute atomic E-state index is 0.0357. The zero-order valence-electron chi connectivity index (χ0n) is 6.36. The van der Waals surface area contributed by atoms with Gasteiger partial charge in [-0.25, -0.2) is 4.39 Å². The predicted molar refractivity (Wildman–Crippen MR) is 44.3 cm³/mol. The Kier molecular flexibility index (Phi) is 1.44. The van der Waals surface area contributed by atoms with Crippen LogP contribution in [0.5, 0.6) is 0 Å². The summed E-state index contributed by atoms with van der Waals surface area (Å²) < 4.78 is 38.3. The van der Waals surface area contributed by atoms with Crippen LogP contribution in [0.3, 0.4) is 0 Å². The van der Waals surface area contributed by atoms with Gasteiger partial charge in [0.05, 0.1) is 0 Å². The average molecular weight is 200 g/mol. The highest BCUT2D eigenvalue weighted by Crippen LogP contribution is 2.24. The molecule has 0 aromatic heterocycles. The van der Waals surface area contributed by atoms with Crippen LogP contribution in [-0.4, -0.2) is 14.3 Å². The number of rotatable bonds is 0. The van der Waals surface area contributed by atoms with Gasteiger partial charge in [0.1, 0.15) is 16.5 Å². The quantitative estimate of drug-likeness (QED) is 0.651. The van der Waals surface area contributed by atoms with E-state index in [4.69, 9.17) is 5.73 Å². The molecular formula is C7H5FN2O2S. The highest BCUT2D eigenvalue weighted by atomic mass is 32.2. The molecule has 6 heteroatoms. The molecule has 1 aromatic carbocycles. The molecule has 4 nitrogen and oxygen atoms in total. The van der Waals surface area contributed by atoms with Gasteiger partial charge in [-0.1, -0.05) is 0 Å². The van der Waals surface area contributed by atoms with E-state index in [1.165, 1.54) is 0 Å². The number of nitrogens with zero attached hydrogens (tertiary/aromatic N) is 1. The third-order valence-corrected chi connectivity index (χ3v) is 3.06. The minimum atomic E-state index is -3.68. The predicted octanol–water partition coefficient (Wildman–Crippen LogP) is 0.233. The number of halogens is 1. The molecule has 0 bridgehead atoms. The molecule has 2 rings (SSSR count). The minimum Gasteiger partial charge on any atom is -0.382 e. The van der Waals surface area contributed by atoms with Crippen molar-refractivity contribution in [3.8, 4) is 0 Å². The van der Waals surface area contributed by atoms with Gasteiger partial charge in [0.25, 0.3) is 10.0 Å². The van der Waals surface area contributed by atoms with Gasteiger partial charge in [-0.15, -0.1) is 4.40 Å². The molecule has 13 heavy (non-hydrogen) atoms. The fourth-order valence-electron chi connectivity index (χ4n) is 1.16. The van der Waals surface area contributed by atoms with Crippen molar-refractivity contribution in [2.75, 3.05) is 0 Å². The summed E-state index contributed by atoms with van der Waals surface area (Å²) in [5, 5.41) is 0. The highest BCUT2D eigenvalue weighted by molar-refractivity contribution is 7.90. The molecule has 1 heterocycles. The molecular weight excluding hydrogens is 195 g/mol. The first-order valence-electron chi connectivity index (χ1n) is 3.41. The summed E-state index contributed by atoms with van der Waals surface area (Å²) in [7, 11) is -3.68. The summed E-state index contributed by atoms with van der Waals surface area (Å²) in [5.74, 6) is -0.691. The molecule has 0 radical (unpaired) electrons. The van der Waals surface area contributed by atoms with E-state index in [9.17, 15) is 12.8 Å². The monoisotopic (exact) mass is 200 g/mol. The maximum absolute atomic E-state index is 12.7. The lowest BCUT2D eigenvalue weighted by Gasteiger charge is -1.96. The number of hydrogen-bond donors (Lipinski definition) is 1. The fraction of sp³-hybridized carbons (Fsp3) is 0. The number of nitrogens with two attached hydrogens (primary N) is 1. The average Bonchev–Trinajstić information content (AvgIpc) is 2.22. The van der Waals surface area contributed by atoms with Crippen LogP contribution >= 0.6 is 0 Å². The van der Waals surface area contributed by atoms with Crippen LogP contribution in [0.25, 0.3) is 0 Å². The Balaban J connectivity index is 2.82. The zero-order valence-corrected chi connectivity index (χ0v) is 7.18. The number of benzene rings is 1. The summed E-state index contributed by atoms with van der Waals surface area (Å²) in [6, 6.07) is 3.27. The van der Waals surface area contributed by atoms with Gasteiger partial charge in [0, 0.05) is 5.56 Å². The van der Waals surface area contributed by atoms with Crippen molar-refractivity contribution in [2.24, 2.45) is 10.1 Å². The van der Waals surface area contributed by atoms with Crippen molar-refractivity contribution in [2.45, 2.75) is 4.90 Å². The van der Waals surface area contributed by atoms with E-state index in [1.807, 2.05) is 0 Å². The molecule has 2 N–H and O–H groups in total. The summed E-state index contributed by atoms with van der Waals surface area (Å²) in [6.07, 6.45) is 0. The molecule has 0 spiro atoms. The van der Waals surface area contributed by atoms with Crippen molar-refractivity contribution >= 4 is 15.9 Å². The maximum Gasteiger partial charge on any atom is 0.285 e. The summed E-state index contributed by atoms with van der Waals surface area (Å²) in [4.78, 5) is -0.0357. The summed E-state index contributed by atoms with van der Waals surface area (Å²) in [5.41, 5.74) is 5.43. The van der Waals surface area contributed by atoms with Crippen LogP contribution in [0.4, 0.5) is 4.39 Å². The van der Waals surface area contributed by atoms with Crippen molar-refractivity contribution in [1.29, 1.82) is 0 Å². The second kappa shape index (κ2) is 2.29. The zero-order chi connectivity index (χ0) is 9.64. The van der Waals surface area contributed by atoms with Crippen molar-refractivity contribution in [3.63, 3.8) is 0 Å². The van der Waals surface area contributed by atoms with Gasteiger partial charge in [-0.2, -0.15) is 8.42 Å². The Labute approximate surface area is 74.0 Å². The molecule has 0 saturated carbocycles. The van der Waals surface area contributed by atoms with E-state index in [2.05, 4.69) is 4.40 Å². The van der Waals surface area contributed by atoms with Crippen LogP contribution < -0.4 is 5.73 Å². The molecule has 68 valence electrons. The smallest absolute Gasteiger partial charge is 0.285 e. The molecule has 0 fully saturated rings. The molecule has 1 aliphatic rings. The number of sulfonamides is 1. The lowest BCUT2D eigenvalue weighted by atomic mass is 10.2. The van der Waals surface area contributed by atoms with E-state index in [0.29, 0.717) is 0 Å². The normalized spacial score (nSPS) is 18.1. The van der Waals surface area contributed by atoms with Gasteiger partial charge in [-0.3, -0.25) is 0 Å². The van der Waals surface area contributed by atoms with Crippen molar-refractivity contribution in [3.05, 3.63) is 29.6 Å². The SMILES string of the molecule is NC1=NS(=O)(=O)c2ccc(F)cc21. The molecule has 0 saturated heterocycles. The van der Waals surface area contributed by atoms with Gasteiger partial charge < -0.3 is 5.73 Å². The van der Waals surface area contributed by atoms with Crippen LogP contribution in [-0.2, 0) is 10.0 Å². The number of amidine groups is 1. The Morgan fingerprint density at radius 1 is 1.38 bits per heavy atom. The largest absolute Gasteiger partial charge is 0.382 e. The van der Waals surface area contributed by atoms with Crippen molar-refractivity contribution in [1.82, 2.24) is 0 Å². The Morgan fingerprint density at radius 3 is 2.77 bits per heavy atom. The van der Waals surface area contributed by atoms with E-state index in [0.717, 1.165) is 18.2 Å². The second-order valence-corrected chi connectivity index (χ2v) is 4.16. The van der Waals surface area contributed by atoms with E-state index >= 15 is 0 Å². The summed E-state index contributed by atoms with van der Waals surface area (Å²) >= 11 is 0. The standard InChI is InChI=1S/C7H5FN2O2S/c8-4-1-2-6-5(3-4)7(9)10-13(6,11)12/h1-3H,(H2,9,10). The van der Waals surface area contributed by atoms with Gasteiger partial charge in [0.15, 0.2) is 0 Å². The van der Waals surface area contributed by atoms with Crippen LogP contribution in [0.15, 0.2) is 27.5 Å². The molecule has 0 unspecified atom stereocenters. The first-order chi connectivity index (χ1) is 6.00.